The van der Waals surface area contributed by atoms with E-state index in [2.05, 4.69) is 21.5 Å². The van der Waals surface area contributed by atoms with E-state index in [0.717, 1.165) is 27.5 Å². The van der Waals surface area contributed by atoms with E-state index in [4.69, 9.17) is 10.2 Å². The van der Waals surface area contributed by atoms with Crippen molar-refractivity contribution in [1.82, 2.24) is 19.7 Å². The molecule has 0 aliphatic heterocycles. The number of nitriles is 1. The van der Waals surface area contributed by atoms with Crippen LogP contribution < -0.4 is 10.9 Å². The number of aromatic amines is 1. The van der Waals surface area contributed by atoms with Gasteiger partial charge in [0.2, 0.25) is 0 Å². The summed E-state index contributed by atoms with van der Waals surface area (Å²) >= 11 is 0. The summed E-state index contributed by atoms with van der Waals surface area (Å²) in [6, 6.07) is 17.4. The van der Waals surface area contributed by atoms with Gasteiger partial charge in [-0.25, -0.2) is 4.98 Å². The number of hydrogen-bond donors (Lipinski definition) is 2. The normalized spacial score (nSPS) is 11.0. The lowest BCUT2D eigenvalue weighted by Crippen LogP contribution is -2.08. The monoisotopic (exact) mass is 406 g/mol. The van der Waals surface area contributed by atoms with Gasteiger partial charge in [-0.1, -0.05) is 24.3 Å². The van der Waals surface area contributed by atoms with Crippen LogP contribution in [0.15, 0.2) is 71.9 Å². The second kappa shape index (κ2) is 7.43. The van der Waals surface area contributed by atoms with Gasteiger partial charge in [0.25, 0.3) is 5.56 Å². The average Bonchev–Trinajstić information content (AvgIpc) is 3.23. The number of anilines is 1. The molecular weight excluding hydrogens is 388 g/mol. The van der Waals surface area contributed by atoms with Gasteiger partial charge in [-0.05, 0) is 35.4 Å². The fourth-order valence-electron chi connectivity index (χ4n) is 3.73. The van der Waals surface area contributed by atoms with Crippen LogP contribution >= 0.6 is 0 Å². The van der Waals surface area contributed by atoms with Crippen molar-refractivity contribution >= 4 is 27.5 Å². The second-order valence-corrected chi connectivity index (χ2v) is 7.35. The topological polar surface area (TPSA) is 99.4 Å². The van der Waals surface area contributed by atoms with E-state index in [1.807, 2.05) is 43.6 Å². The van der Waals surface area contributed by atoms with Crippen LogP contribution in [0, 0.1) is 11.3 Å². The number of nitrogens with zero attached hydrogens (tertiary/aromatic N) is 4. The number of aromatic nitrogens is 4. The molecule has 31 heavy (non-hydrogen) atoms. The van der Waals surface area contributed by atoms with Crippen molar-refractivity contribution in [2.24, 2.45) is 7.05 Å². The summed E-state index contributed by atoms with van der Waals surface area (Å²) < 4.78 is 1.75. The second-order valence-electron chi connectivity index (χ2n) is 7.35. The molecule has 5 aromatic rings. The molecule has 0 saturated carbocycles. The van der Waals surface area contributed by atoms with Crippen LogP contribution in [0.1, 0.15) is 11.1 Å². The zero-order chi connectivity index (χ0) is 21.4. The minimum Gasteiger partial charge on any atom is -0.365 e. The Bertz CT molecular complexity index is 1520. The molecule has 150 valence electrons. The number of pyridine rings is 2. The standard InChI is InChI=1S/C24H18N6O/c1-30-14-18(13-28-30)17-6-7-19-20(10-17)22-21(8-9-26-24(22)31)29-23(19)27-12-16-4-2-15(11-25)3-5-16/h2-10,13-14H,12H2,1H3,(H,26,31)(H,27,29). The first-order valence-electron chi connectivity index (χ1n) is 9.79. The molecule has 0 radical (unpaired) electrons. The van der Waals surface area contributed by atoms with Crippen molar-refractivity contribution in [3.63, 3.8) is 0 Å². The summed E-state index contributed by atoms with van der Waals surface area (Å²) in [5, 5.41) is 18.9. The van der Waals surface area contributed by atoms with Crippen molar-refractivity contribution in [1.29, 1.82) is 5.26 Å². The molecule has 7 heteroatoms. The number of rotatable bonds is 4. The van der Waals surface area contributed by atoms with E-state index >= 15 is 0 Å². The van der Waals surface area contributed by atoms with Gasteiger partial charge in [-0.3, -0.25) is 9.48 Å². The first kappa shape index (κ1) is 18.6. The van der Waals surface area contributed by atoms with Crippen molar-refractivity contribution in [3.05, 3.63) is 88.6 Å². The van der Waals surface area contributed by atoms with Crippen molar-refractivity contribution in [2.75, 3.05) is 5.32 Å². The highest BCUT2D eigenvalue weighted by Gasteiger charge is 2.13. The van der Waals surface area contributed by atoms with Gasteiger partial charge in [-0.2, -0.15) is 10.4 Å². The van der Waals surface area contributed by atoms with Gasteiger partial charge in [0.05, 0.1) is 28.7 Å². The molecule has 0 aliphatic carbocycles. The quantitative estimate of drug-likeness (QED) is 0.440. The molecule has 0 atom stereocenters. The highest BCUT2D eigenvalue weighted by Crippen LogP contribution is 2.31. The Morgan fingerprint density at radius 3 is 2.68 bits per heavy atom. The maximum Gasteiger partial charge on any atom is 0.258 e. The summed E-state index contributed by atoms with van der Waals surface area (Å²) in [4.78, 5) is 20.1. The van der Waals surface area contributed by atoms with Gasteiger partial charge in [-0.15, -0.1) is 0 Å². The summed E-state index contributed by atoms with van der Waals surface area (Å²) in [6.45, 7) is 0.548. The Balaban J connectivity index is 1.63. The van der Waals surface area contributed by atoms with E-state index in [-0.39, 0.29) is 5.56 Å². The van der Waals surface area contributed by atoms with E-state index in [1.165, 1.54) is 0 Å². The third-order valence-electron chi connectivity index (χ3n) is 5.30. The molecule has 7 nitrogen and oxygen atoms in total. The fourth-order valence-corrected chi connectivity index (χ4v) is 3.73. The molecular formula is C24H18N6O. The molecule has 0 aliphatic rings. The largest absolute Gasteiger partial charge is 0.365 e. The lowest BCUT2D eigenvalue weighted by Gasteiger charge is -2.12. The maximum atomic E-state index is 12.6. The Labute approximate surface area is 177 Å². The van der Waals surface area contributed by atoms with Gasteiger partial charge in [0.15, 0.2) is 0 Å². The Morgan fingerprint density at radius 2 is 1.94 bits per heavy atom. The molecule has 0 saturated heterocycles. The third kappa shape index (κ3) is 3.40. The molecule has 2 N–H and O–H groups in total. The minimum absolute atomic E-state index is 0.169. The van der Waals surface area contributed by atoms with Crippen LogP contribution in [0.3, 0.4) is 0 Å². The smallest absolute Gasteiger partial charge is 0.258 e. The fraction of sp³-hybridized carbons (Fsp3) is 0.0833. The molecule has 0 amide bonds. The number of fused-ring (bicyclic) bond motifs is 3. The first-order valence-corrected chi connectivity index (χ1v) is 9.79. The molecule has 0 unspecified atom stereocenters. The summed E-state index contributed by atoms with van der Waals surface area (Å²) in [7, 11) is 1.87. The maximum absolute atomic E-state index is 12.6. The average molecular weight is 406 g/mol. The van der Waals surface area contributed by atoms with Gasteiger partial charge in [0, 0.05) is 42.3 Å². The predicted octanol–water partition coefficient (Wildman–Crippen LogP) is 3.96. The number of hydrogen-bond acceptors (Lipinski definition) is 5. The molecule has 0 fully saturated rings. The van der Waals surface area contributed by atoms with E-state index in [0.29, 0.717) is 28.8 Å². The van der Waals surface area contributed by atoms with Crippen molar-refractivity contribution in [3.8, 4) is 17.2 Å². The minimum atomic E-state index is -0.169. The van der Waals surface area contributed by atoms with Crippen molar-refractivity contribution < 1.29 is 0 Å². The summed E-state index contributed by atoms with van der Waals surface area (Å²) in [5.41, 5.74) is 4.08. The summed E-state index contributed by atoms with van der Waals surface area (Å²) in [5.74, 6) is 0.704. The zero-order valence-electron chi connectivity index (χ0n) is 16.8. The highest BCUT2D eigenvalue weighted by atomic mass is 16.1. The number of H-pyrrole nitrogens is 1. The third-order valence-corrected chi connectivity index (χ3v) is 5.30. The number of aryl methyl sites for hydroxylation is 1. The molecule has 5 rings (SSSR count). The van der Waals surface area contributed by atoms with Crippen LogP contribution in [0.5, 0.6) is 0 Å². The van der Waals surface area contributed by atoms with Gasteiger partial charge >= 0.3 is 0 Å². The van der Waals surface area contributed by atoms with Crippen LogP contribution in [0.2, 0.25) is 0 Å². The summed E-state index contributed by atoms with van der Waals surface area (Å²) in [6.07, 6.45) is 5.36. The Kier molecular flexibility index (Phi) is 4.45. The Morgan fingerprint density at radius 1 is 1.10 bits per heavy atom. The molecule has 0 bridgehead atoms. The molecule has 0 spiro atoms. The van der Waals surface area contributed by atoms with Gasteiger partial charge in [0.1, 0.15) is 5.82 Å². The van der Waals surface area contributed by atoms with Gasteiger partial charge < -0.3 is 10.3 Å². The van der Waals surface area contributed by atoms with E-state index in [9.17, 15) is 4.79 Å². The SMILES string of the molecule is Cn1cc(-c2ccc3c(NCc4ccc(C#N)cc4)nc4cc[nH]c(=O)c4c3c2)cn1. The first-order chi connectivity index (χ1) is 15.1. The van der Waals surface area contributed by atoms with E-state index in [1.54, 1.807) is 35.3 Å². The lowest BCUT2D eigenvalue weighted by molar-refractivity contribution is 0.768. The zero-order valence-corrected chi connectivity index (χ0v) is 16.8. The molecule has 3 heterocycles. The van der Waals surface area contributed by atoms with Crippen LogP contribution in [0.25, 0.3) is 32.8 Å². The van der Waals surface area contributed by atoms with Crippen LogP contribution in [-0.2, 0) is 13.6 Å². The van der Waals surface area contributed by atoms with E-state index < -0.39 is 0 Å². The van der Waals surface area contributed by atoms with Crippen LogP contribution in [-0.4, -0.2) is 19.7 Å². The van der Waals surface area contributed by atoms with Crippen molar-refractivity contribution in [2.45, 2.75) is 6.54 Å². The Hall–Kier alpha value is -4.44. The highest BCUT2D eigenvalue weighted by molar-refractivity contribution is 6.10. The predicted molar refractivity (Wildman–Crippen MR) is 121 cm³/mol. The number of nitrogens with one attached hydrogen (secondary N) is 2. The molecule has 2 aromatic carbocycles. The van der Waals surface area contributed by atoms with Crippen LogP contribution in [0.4, 0.5) is 5.82 Å². The lowest BCUT2D eigenvalue weighted by atomic mass is 10.0. The number of benzene rings is 2. The molecule has 3 aromatic heterocycles.